The molecule has 20 heavy (non-hydrogen) atoms. The van der Waals surface area contributed by atoms with Gasteiger partial charge in [-0.1, -0.05) is 35.9 Å². The molecule has 2 nitrogen and oxygen atoms in total. The molecular weight excluding hydrogens is 270 g/mol. The minimum Gasteiger partial charge on any atom is -0.438 e. The molecule has 0 saturated heterocycles. The summed E-state index contributed by atoms with van der Waals surface area (Å²) in [5.41, 5.74) is 4.20. The molecule has 96 valence electrons. The Morgan fingerprint density at radius 2 is 1.55 bits per heavy atom. The molecule has 4 rings (SSSR count). The van der Waals surface area contributed by atoms with Crippen LogP contribution in [0.25, 0.3) is 22.3 Å². The van der Waals surface area contributed by atoms with E-state index in [0.717, 1.165) is 28.0 Å². The number of nitrogens with zero attached hydrogens (tertiary/aromatic N) is 1. The van der Waals surface area contributed by atoms with Crippen LogP contribution in [0.3, 0.4) is 0 Å². The maximum absolute atomic E-state index is 6.14. The zero-order chi connectivity index (χ0) is 13.5. The summed E-state index contributed by atoms with van der Waals surface area (Å²) in [5, 5.41) is 0.695. The summed E-state index contributed by atoms with van der Waals surface area (Å²) >= 11 is 6.14. The standard InChI is InChI=1S/C17H10ClNO/c18-11-7-8-16-15(10-11)13-5-2-1-4-12(13)14-6-3-9-19-17(14)20-16/h1-10H. The number of hydrogen-bond donors (Lipinski definition) is 0. The Morgan fingerprint density at radius 3 is 2.40 bits per heavy atom. The van der Waals surface area contributed by atoms with Crippen molar-refractivity contribution in [2.45, 2.75) is 0 Å². The van der Waals surface area contributed by atoms with Gasteiger partial charge in [0, 0.05) is 22.3 Å². The molecule has 0 N–H and O–H groups in total. The molecule has 2 heterocycles. The van der Waals surface area contributed by atoms with Crippen molar-refractivity contribution in [1.82, 2.24) is 4.98 Å². The quantitative estimate of drug-likeness (QED) is 0.443. The SMILES string of the molecule is Clc1ccc2c(c1)-c1ccccc1-c1cccnc1O2. The first kappa shape index (κ1) is 11.5. The molecule has 3 heteroatoms. The molecular formula is C17H10ClNO. The second kappa shape index (κ2) is 4.36. The molecule has 0 bridgehead atoms. The summed E-state index contributed by atoms with van der Waals surface area (Å²) in [6.45, 7) is 0. The minimum atomic E-state index is 0.626. The zero-order valence-corrected chi connectivity index (χ0v) is 11.3. The van der Waals surface area contributed by atoms with Crippen LogP contribution in [-0.2, 0) is 0 Å². The summed E-state index contributed by atoms with van der Waals surface area (Å²) in [5.74, 6) is 1.40. The molecule has 1 aliphatic heterocycles. The smallest absolute Gasteiger partial charge is 0.227 e. The van der Waals surface area contributed by atoms with Crippen LogP contribution in [0, 0.1) is 0 Å². The first-order valence-electron chi connectivity index (χ1n) is 6.35. The number of fused-ring (bicyclic) bond motifs is 5. The normalized spacial score (nSPS) is 11.7. The van der Waals surface area contributed by atoms with Crippen LogP contribution in [-0.4, -0.2) is 4.98 Å². The lowest BCUT2D eigenvalue weighted by atomic mass is 9.96. The number of aromatic nitrogens is 1. The van der Waals surface area contributed by atoms with Crippen LogP contribution < -0.4 is 4.74 Å². The molecule has 1 aromatic heterocycles. The maximum atomic E-state index is 6.14. The van der Waals surface area contributed by atoms with E-state index in [1.807, 2.05) is 42.5 Å². The topological polar surface area (TPSA) is 22.1 Å². The Labute approximate surface area is 121 Å². The molecule has 0 aliphatic carbocycles. The molecule has 0 unspecified atom stereocenters. The first-order valence-corrected chi connectivity index (χ1v) is 6.73. The lowest BCUT2D eigenvalue weighted by Gasteiger charge is -2.08. The van der Waals surface area contributed by atoms with Gasteiger partial charge in [-0.25, -0.2) is 4.98 Å². The summed E-state index contributed by atoms with van der Waals surface area (Å²) in [6, 6.07) is 17.8. The second-order valence-electron chi connectivity index (χ2n) is 4.64. The molecule has 0 atom stereocenters. The Balaban J connectivity index is 2.12. The number of pyridine rings is 1. The van der Waals surface area contributed by atoms with Crippen molar-refractivity contribution in [2.75, 3.05) is 0 Å². The molecule has 0 amide bonds. The molecule has 1 aliphatic rings. The van der Waals surface area contributed by atoms with Crippen molar-refractivity contribution in [3.05, 3.63) is 65.8 Å². The zero-order valence-electron chi connectivity index (χ0n) is 10.5. The predicted octanol–water partition coefficient (Wildman–Crippen LogP) is 5.17. The van der Waals surface area contributed by atoms with Crippen LogP contribution in [0.2, 0.25) is 5.02 Å². The molecule has 3 aromatic rings. The highest BCUT2D eigenvalue weighted by molar-refractivity contribution is 6.31. The van der Waals surface area contributed by atoms with Crippen molar-refractivity contribution >= 4 is 11.6 Å². The van der Waals surface area contributed by atoms with Crippen molar-refractivity contribution in [2.24, 2.45) is 0 Å². The third-order valence-corrected chi connectivity index (χ3v) is 3.66. The summed E-state index contributed by atoms with van der Waals surface area (Å²) in [6.07, 6.45) is 1.74. The van der Waals surface area contributed by atoms with E-state index in [1.54, 1.807) is 6.20 Å². The molecule has 0 saturated carbocycles. The van der Waals surface area contributed by atoms with Gasteiger partial charge in [-0.3, -0.25) is 0 Å². The summed E-state index contributed by atoms with van der Waals surface area (Å²) < 4.78 is 5.97. The van der Waals surface area contributed by atoms with Gasteiger partial charge in [-0.15, -0.1) is 0 Å². The van der Waals surface area contributed by atoms with Crippen LogP contribution in [0.1, 0.15) is 0 Å². The molecule has 2 aromatic carbocycles. The number of benzene rings is 2. The van der Waals surface area contributed by atoms with Gasteiger partial charge in [0.15, 0.2) is 0 Å². The average Bonchev–Trinajstić information content (AvgIpc) is 2.62. The van der Waals surface area contributed by atoms with Crippen LogP contribution in [0.15, 0.2) is 60.8 Å². The lowest BCUT2D eigenvalue weighted by molar-refractivity contribution is 0.468. The van der Waals surface area contributed by atoms with E-state index in [0.29, 0.717) is 10.9 Å². The Hall–Kier alpha value is -2.32. The largest absolute Gasteiger partial charge is 0.438 e. The van der Waals surface area contributed by atoms with E-state index < -0.39 is 0 Å². The minimum absolute atomic E-state index is 0.626. The van der Waals surface area contributed by atoms with Gasteiger partial charge < -0.3 is 4.74 Å². The fourth-order valence-corrected chi connectivity index (χ4v) is 2.71. The van der Waals surface area contributed by atoms with Crippen molar-refractivity contribution in [1.29, 1.82) is 0 Å². The van der Waals surface area contributed by atoms with Gasteiger partial charge >= 0.3 is 0 Å². The van der Waals surface area contributed by atoms with E-state index in [-0.39, 0.29) is 0 Å². The van der Waals surface area contributed by atoms with Gasteiger partial charge in [0.1, 0.15) is 5.75 Å². The Bertz CT molecular complexity index is 814. The fourth-order valence-electron chi connectivity index (χ4n) is 2.54. The monoisotopic (exact) mass is 279 g/mol. The van der Waals surface area contributed by atoms with Crippen LogP contribution >= 0.6 is 11.6 Å². The van der Waals surface area contributed by atoms with Gasteiger partial charge in [-0.05, 0) is 41.5 Å². The van der Waals surface area contributed by atoms with Crippen molar-refractivity contribution < 1.29 is 4.74 Å². The van der Waals surface area contributed by atoms with E-state index in [1.165, 1.54) is 0 Å². The lowest BCUT2D eigenvalue weighted by Crippen LogP contribution is -1.88. The van der Waals surface area contributed by atoms with E-state index >= 15 is 0 Å². The van der Waals surface area contributed by atoms with Gasteiger partial charge in [-0.2, -0.15) is 0 Å². The van der Waals surface area contributed by atoms with Gasteiger partial charge in [0.25, 0.3) is 0 Å². The van der Waals surface area contributed by atoms with Crippen molar-refractivity contribution in [3.8, 4) is 33.9 Å². The summed E-state index contributed by atoms with van der Waals surface area (Å²) in [7, 11) is 0. The fraction of sp³-hybridized carbons (Fsp3) is 0. The van der Waals surface area contributed by atoms with E-state index in [2.05, 4.69) is 17.1 Å². The van der Waals surface area contributed by atoms with Crippen LogP contribution in [0.4, 0.5) is 0 Å². The second-order valence-corrected chi connectivity index (χ2v) is 5.08. The van der Waals surface area contributed by atoms with E-state index in [4.69, 9.17) is 16.3 Å². The Morgan fingerprint density at radius 1 is 0.800 bits per heavy atom. The number of ether oxygens (including phenoxy) is 1. The highest BCUT2D eigenvalue weighted by Crippen LogP contribution is 2.45. The highest BCUT2D eigenvalue weighted by Gasteiger charge is 2.20. The highest BCUT2D eigenvalue weighted by atomic mass is 35.5. The van der Waals surface area contributed by atoms with Crippen LogP contribution in [0.5, 0.6) is 11.6 Å². The third kappa shape index (κ3) is 1.69. The third-order valence-electron chi connectivity index (χ3n) is 3.43. The van der Waals surface area contributed by atoms with Gasteiger partial charge in [0.2, 0.25) is 5.88 Å². The first-order chi connectivity index (χ1) is 9.83. The average molecular weight is 280 g/mol. The van der Waals surface area contributed by atoms with E-state index in [9.17, 15) is 0 Å². The predicted molar refractivity (Wildman–Crippen MR) is 80.2 cm³/mol. The molecule has 0 fully saturated rings. The molecule has 0 spiro atoms. The number of hydrogen-bond acceptors (Lipinski definition) is 2. The van der Waals surface area contributed by atoms with Gasteiger partial charge in [0.05, 0.1) is 0 Å². The Kier molecular flexibility index (Phi) is 2.51. The number of rotatable bonds is 0. The number of halogens is 1. The summed E-state index contributed by atoms with van der Waals surface area (Å²) in [4.78, 5) is 4.34. The molecule has 0 radical (unpaired) electrons. The van der Waals surface area contributed by atoms with Crippen molar-refractivity contribution in [3.63, 3.8) is 0 Å². The maximum Gasteiger partial charge on any atom is 0.227 e.